The molecule has 1 amide bonds. The Labute approximate surface area is 128 Å². The fourth-order valence-corrected chi connectivity index (χ4v) is 2.50. The van der Waals surface area contributed by atoms with Crippen LogP contribution in [0.4, 0.5) is 4.79 Å². The summed E-state index contributed by atoms with van der Waals surface area (Å²) in [6.45, 7) is 9.47. The minimum absolute atomic E-state index is 0.112. The van der Waals surface area contributed by atoms with Gasteiger partial charge in [0.05, 0.1) is 6.61 Å². The van der Waals surface area contributed by atoms with Crippen molar-refractivity contribution in [1.82, 2.24) is 4.90 Å². The molecule has 1 aliphatic heterocycles. The van der Waals surface area contributed by atoms with Crippen molar-refractivity contribution in [3.05, 3.63) is 0 Å². The molecule has 1 fully saturated rings. The van der Waals surface area contributed by atoms with E-state index in [1.807, 2.05) is 27.7 Å². The Morgan fingerprint density at radius 3 is 2.57 bits per heavy atom. The van der Waals surface area contributed by atoms with Crippen LogP contribution in [0, 0.1) is 5.92 Å². The van der Waals surface area contributed by atoms with Crippen LogP contribution in [0.15, 0.2) is 0 Å². The van der Waals surface area contributed by atoms with Gasteiger partial charge in [-0.3, -0.25) is 4.79 Å². The van der Waals surface area contributed by atoms with Crippen LogP contribution in [0.3, 0.4) is 0 Å². The number of esters is 1. The van der Waals surface area contributed by atoms with Crippen LogP contribution < -0.4 is 0 Å². The number of nitrogens with zero attached hydrogens (tertiary/aromatic N) is 1. The quantitative estimate of drug-likeness (QED) is 0.557. The zero-order valence-corrected chi connectivity index (χ0v) is 13.8. The Bertz CT molecular complexity index is 349. The Balaban J connectivity index is 2.17. The van der Waals surface area contributed by atoms with Crippen LogP contribution in [0.2, 0.25) is 0 Å². The Kier molecular flexibility index (Phi) is 6.99. The smallest absolute Gasteiger partial charge is 0.410 e. The van der Waals surface area contributed by atoms with E-state index in [-0.39, 0.29) is 12.1 Å². The number of carbonyl (C=O) groups excluding carboxylic acids is 2. The third-order valence-electron chi connectivity index (χ3n) is 3.49. The number of rotatable bonds is 6. The van der Waals surface area contributed by atoms with E-state index in [0.29, 0.717) is 18.9 Å². The summed E-state index contributed by atoms with van der Waals surface area (Å²) in [7, 11) is 0. The van der Waals surface area contributed by atoms with E-state index in [0.717, 1.165) is 38.8 Å². The molecule has 21 heavy (non-hydrogen) atoms. The van der Waals surface area contributed by atoms with Crippen LogP contribution in [-0.2, 0) is 14.3 Å². The fraction of sp³-hybridized carbons (Fsp3) is 0.875. The summed E-state index contributed by atoms with van der Waals surface area (Å²) in [5.74, 6) is 0.416. The molecule has 1 unspecified atom stereocenters. The number of carbonyl (C=O) groups is 2. The molecule has 1 aliphatic rings. The molecule has 122 valence electrons. The third kappa shape index (κ3) is 7.34. The first kappa shape index (κ1) is 17.8. The lowest BCUT2D eigenvalue weighted by atomic mass is 10.0. The highest BCUT2D eigenvalue weighted by molar-refractivity contribution is 5.69. The molecule has 0 N–H and O–H groups in total. The maximum Gasteiger partial charge on any atom is 0.410 e. The third-order valence-corrected chi connectivity index (χ3v) is 3.49. The number of hydrogen-bond donors (Lipinski definition) is 0. The molecule has 5 heteroatoms. The zero-order valence-electron chi connectivity index (χ0n) is 13.8. The molecule has 0 spiro atoms. The van der Waals surface area contributed by atoms with Gasteiger partial charge < -0.3 is 14.4 Å². The second-order valence-corrected chi connectivity index (χ2v) is 6.63. The van der Waals surface area contributed by atoms with E-state index in [2.05, 4.69) is 0 Å². The van der Waals surface area contributed by atoms with E-state index in [1.165, 1.54) is 0 Å². The molecular formula is C16H29NO4. The van der Waals surface area contributed by atoms with Gasteiger partial charge in [-0.25, -0.2) is 4.79 Å². The Morgan fingerprint density at radius 1 is 1.24 bits per heavy atom. The fourth-order valence-electron chi connectivity index (χ4n) is 2.50. The summed E-state index contributed by atoms with van der Waals surface area (Å²) >= 11 is 0. The number of amides is 1. The molecule has 1 heterocycles. The summed E-state index contributed by atoms with van der Waals surface area (Å²) in [6.07, 6.45) is 4.23. The molecule has 0 aromatic carbocycles. The van der Waals surface area contributed by atoms with Gasteiger partial charge in [0.1, 0.15) is 5.60 Å². The van der Waals surface area contributed by atoms with Crippen molar-refractivity contribution >= 4 is 12.1 Å². The predicted molar refractivity (Wildman–Crippen MR) is 81.0 cm³/mol. The van der Waals surface area contributed by atoms with Gasteiger partial charge in [0.2, 0.25) is 0 Å². The van der Waals surface area contributed by atoms with Gasteiger partial charge in [0, 0.05) is 19.5 Å². The molecule has 0 bridgehead atoms. The molecule has 0 aromatic rings. The summed E-state index contributed by atoms with van der Waals surface area (Å²) in [5, 5.41) is 0. The molecular weight excluding hydrogens is 270 g/mol. The monoisotopic (exact) mass is 299 g/mol. The second-order valence-electron chi connectivity index (χ2n) is 6.63. The highest BCUT2D eigenvalue weighted by Gasteiger charge is 2.29. The molecule has 0 aromatic heterocycles. The average Bonchev–Trinajstić information content (AvgIpc) is 2.82. The van der Waals surface area contributed by atoms with Gasteiger partial charge in [-0.05, 0) is 52.9 Å². The van der Waals surface area contributed by atoms with Gasteiger partial charge in [-0.1, -0.05) is 6.42 Å². The summed E-state index contributed by atoms with van der Waals surface area (Å²) in [4.78, 5) is 25.0. The average molecular weight is 299 g/mol. The summed E-state index contributed by atoms with van der Waals surface area (Å²) in [5.41, 5.74) is -0.436. The maximum atomic E-state index is 11.9. The lowest BCUT2D eigenvalue weighted by Gasteiger charge is -2.24. The van der Waals surface area contributed by atoms with Crippen LogP contribution in [0.1, 0.15) is 59.8 Å². The molecule has 0 saturated carbocycles. The van der Waals surface area contributed by atoms with Crippen LogP contribution in [0.25, 0.3) is 0 Å². The van der Waals surface area contributed by atoms with Crippen molar-refractivity contribution in [3.63, 3.8) is 0 Å². The maximum absolute atomic E-state index is 11.9. The second kappa shape index (κ2) is 8.25. The van der Waals surface area contributed by atoms with Gasteiger partial charge in [0.15, 0.2) is 0 Å². The van der Waals surface area contributed by atoms with Crippen molar-refractivity contribution < 1.29 is 19.1 Å². The number of hydrogen-bond acceptors (Lipinski definition) is 4. The van der Waals surface area contributed by atoms with Gasteiger partial charge in [0.25, 0.3) is 0 Å². The SMILES string of the molecule is CCOC(=O)CCCCC1CCN(C(=O)OC(C)(C)C)C1. The summed E-state index contributed by atoms with van der Waals surface area (Å²) in [6, 6.07) is 0. The van der Waals surface area contributed by atoms with Crippen molar-refractivity contribution in [2.75, 3.05) is 19.7 Å². The largest absolute Gasteiger partial charge is 0.466 e. The first-order valence-electron chi connectivity index (χ1n) is 7.95. The normalized spacial score (nSPS) is 18.7. The Morgan fingerprint density at radius 2 is 1.95 bits per heavy atom. The van der Waals surface area contributed by atoms with Gasteiger partial charge in [-0.2, -0.15) is 0 Å². The highest BCUT2D eigenvalue weighted by Crippen LogP contribution is 2.23. The first-order valence-corrected chi connectivity index (χ1v) is 7.95. The standard InChI is InChI=1S/C16H29NO4/c1-5-20-14(18)9-7-6-8-13-10-11-17(12-13)15(19)21-16(2,3)4/h13H,5-12H2,1-4H3. The van der Waals surface area contributed by atoms with E-state index >= 15 is 0 Å². The molecule has 0 radical (unpaired) electrons. The van der Waals surface area contributed by atoms with Gasteiger partial charge in [-0.15, -0.1) is 0 Å². The topological polar surface area (TPSA) is 55.8 Å². The van der Waals surface area contributed by atoms with Crippen LogP contribution >= 0.6 is 0 Å². The van der Waals surface area contributed by atoms with Gasteiger partial charge >= 0.3 is 12.1 Å². The lowest BCUT2D eigenvalue weighted by molar-refractivity contribution is -0.143. The van der Waals surface area contributed by atoms with E-state index in [4.69, 9.17) is 9.47 Å². The van der Waals surface area contributed by atoms with E-state index in [1.54, 1.807) is 4.90 Å². The number of unbranched alkanes of at least 4 members (excludes halogenated alkanes) is 1. The number of likely N-dealkylation sites (tertiary alicyclic amines) is 1. The lowest BCUT2D eigenvalue weighted by Crippen LogP contribution is -2.35. The summed E-state index contributed by atoms with van der Waals surface area (Å²) < 4.78 is 10.3. The van der Waals surface area contributed by atoms with Crippen LogP contribution in [0.5, 0.6) is 0 Å². The van der Waals surface area contributed by atoms with Crippen molar-refractivity contribution in [1.29, 1.82) is 0 Å². The minimum atomic E-state index is -0.436. The highest BCUT2D eigenvalue weighted by atomic mass is 16.6. The van der Waals surface area contributed by atoms with Crippen LogP contribution in [-0.4, -0.2) is 42.3 Å². The molecule has 1 atom stereocenters. The van der Waals surface area contributed by atoms with E-state index < -0.39 is 5.60 Å². The van der Waals surface area contributed by atoms with E-state index in [9.17, 15) is 9.59 Å². The predicted octanol–water partition coefficient (Wildman–Crippen LogP) is 3.37. The van der Waals surface area contributed by atoms with Crippen molar-refractivity contribution in [2.24, 2.45) is 5.92 Å². The molecule has 5 nitrogen and oxygen atoms in total. The number of ether oxygens (including phenoxy) is 2. The minimum Gasteiger partial charge on any atom is -0.466 e. The zero-order chi connectivity index (χ0) is 15.9. The van der Waals surface area contributed by atoms with Crippen molar-refractivity contribution in [2.45, 2.75) is 65.4 Å². The Hall–Kier alpha value is -1.26. The molecule has 0 aliphatic carbocycles. The molecule has 1 saturated heterocycles. The first-order chi connectivity index (χ1) is 9.81. The van der Waals surface area contributed by atoms with Crippen molar-refractivity contribution in [3.8, 4) is 0 Å². The molecule has 1 rings (SSSR count).